The molecular formula is C12H21NO5. The Morgan fingerprint density at radius 1 is 1.11 bits per heavy atom. The number of carboxylic acids is 2. The first-order valence-corrected chi connectivity index (χ1v) is 5.77. The van der Waals surface area contributed by atoms with Gasteiger partial charge in [-0.05, 0) is 12.3 Å². The first kappa shape index (κ1) is 18.5. The number of nitrogens with one attached hydrogen (secondary N) is 1. The molecule has 3 N–H and O–H groups in total. The zero-order valence-electron chi connectivity index (χ0n) is 11.1. The fourth-order valence-electron chi connectivity index (χ4n) is 1.06. The highest BCUT2D eigenvalue weighted by atomic mass is 16.4. The SMILES string of the molecule is CC.CC(C)CC(NC(=O)/C=C/C(=O)O)C(=O)O. The van der Waals surface area contributed by atoms with Crippen LogP contribution in [0, 0.1) is 5.92 Å². The van der Waals surface area contributed by atoms with Crippen LogP contribution >= 0.6 is 0 Å². The van der Waals surface area contributed by atoms with Crippen LogP contribution in [0.15, 0.2) is 12.2 Å². The van der Waals surface area contributed by atoms with Gasteiger partial charge in [-0.25, -0.2) is 9.59 Å². The highest BCUT2D eigenvalue weighted by Gasteiger charge is 2.19. The number of aliphatic carboxylic acids is 2. The Morgan fingerprint density at radius 2 is 1.61 bits per heavy atom. The average molecular weight is 259 g/mol. The van der Waals surface area contributed by atoms with Gasteiger partial charge in [0.2, 0.25) is 5.91 Å². The maximum atomic E-state index is 11.1. The third kappa shape index (κ3) is 10.7. The Kier molecular flexibility index (Phi) is 10.6. The monoisotopic (exact) mass is 259 g/mol. The van der Waals surface area contributed by atoms with Gasteiger partial charge >= 0.3 is 11.9 Å². The number of hydrogen-bond donors (Lipinski definition) is 3. The Hall–Kier alpha value is -1.85. The molecule has 18 heavy (non-hydrogen) atoms. The zero-order chi connectivity index (χ0) is 14.7. The first-order chi connectivity index (χ1) is 8.32. The van der Waals surface area contributed by atoms with Crippen LogP contribution in [0.2, 0.25) is 0 Å². The summed E-state index contributed by atoms with van der Waals surface area (Å²) in [5.41, 5.74) is 0. The van der Waals surface area contributed by atoms with Crippen molar-refractivity contribution in [3.05, 3.63) is 12.2 Å². The summed E-state index contributed by atoms with van der Waals surface area (Å²) in [5.74, 6) is -3.00. The molecule has 0 aromatic heterocycles. The number of hydrogen-bond acceptors (Lipinski definition) is 3. The topological polar surface area (TPSA) is 104 Å². The lowest BCUT2D eigenvalue weighted by molar-refractivity contribution is -0.141. The lowest BCUT2D eigenvalue weighted by Gasteiger charge is -2.14. The van der Waals surface area contributed by atoms with E-state index in [-0.39, 0.29) is 5.92 Å². The fourth-order valence-corrected chi connectivity index (χ4v) is 1.06. The largest absolute Gasteiger partial charge is 0.480 e. The van der Waals surface area contributed by atoms with Crippen LogP contribution in [0.25, 0.3) is 0 Å². The van der Waals surface area contributed by atoms with Gasteiger partial charge in [-0.15, -0.1) is 0 Å². The molecule has 0 aliphatic rings. The number of carbonyl (C=O) groups is 3. The first-order valence-electron chi connectivity index (χ1n) is 5.77. The Labute approximate surface area is 107 Å². The molecule has 0 spiro atoms. The molecule has 1 amide bonds. The van der Waals surface area contributed by atoms with Crippen LogP contribution in [-0.4, -0.2) is 34.1 Å². The Bertz CT molecular complexity index is 310. The molecule has 0 radical (unpaired) electrons. The Balaban J connectivity index is 0. The van der Waals surface area contributed by atoms with Crippen molar-refractivity contribution in [1.82, 2.24) is 5.32 Å². The van der Waals surface area contributed by atoms with Crippen LogP contribution < -0.4 is 5.32 Å². The molecule has 1 atom stereocenters. The van der Waals surface area contributed by atoms with E-state index in [2.05, 4.69) is 5.32 Å². The van der Waals surface area contributed by atoms with Gasteiger partial charge in [-0.3, -0.25) is 4.79 Å². The molecule has 0 heterocycles. The van der Waals surface area contributed by atoms with Crippen molar-refractivity contribution in [3.8, 4) is 0 Å². The molecule has 0 saturated carbocycles. The van der Waals surface area contributed by atoms with E-state index in [0.717, 1.165) is 6.08 Å². The lowest BCUT2D eigenvalue weighted by atomic mass is 10.0. The predicted molar refractivity (Wildman–Crippen MR) is 67.1 cm³/mol. The van der Waals surface area contributed by atoms with Gasteiger partial charge < -0.3 is 15.5 Å². The molecule has 0 aliphatic carbocycles. The maximum absolute atomic E-state index is 11.1. The second kappa shape index (κ2) is 10.3. The van der Waals surface area contributed by atoms with Gasteiger partial charge in [-0.2, -0.15) is 0 Å². The zero-order valence-corrected chi connectivity index (χ0v) is 11.1. The second-order valence-electron chi connectivity index (χ2n) is 3.70. The Morgan fingerprint density at radius 3 is 1.94 bits per heavy atom. The van der Waals surface area contributed by atoms with E-state index in [9.17, 15) is 14.4 Å². The highest BCUT2D eigenvalue weighted by Crippen LogP contribution is 2.04. The quantitative estimate of drug-likeness (QED) is 0.623. The van der Waals surface area contributed by atoms with Crippen LogP contribution in [0.3, 0.4) is 0 Å². The third-order valence-electron chi connectivity index (χ3n) is 1.70. The molecule has 0 bridgehead atoms. The molecule has 0 rings (SSSR count). The van der Waals surface area contributed by atoms with Crippen LogP contribution in [0.1, 0.15) is 34.1 Å². The predicted octanol–water partition coefficient (Wildman–Crippen LogP) is 1.27. The van der Waals surface area contributed by atoms with Crippen molar-refractivity contribution in [2.75, 3.05) is 0 Å². The second-order valence-corrected chi connectivity index (χ2v) is 3.70. The molecule has 0 aliphatic heterocycles. The van der Waals surface area contributed by atoms with Gasteiger partial charge in [0.15, 0.2) is 0 Å². The van der Waals surface area contributed by atoms with Gasteiger partial charge in [0.05, 0.1) is 0 Å². The molecule has 1 unspecified atom stereocenters. The number of rotatable bonds is 6. The summed E-state index contributed by atoms with van der Waals surface area (Å²) < 4.78 is 0. The molecule has 104 valence electrons. The number of amides is 1. The van der Waals surface area contributed by atoms with Crippen LogP contribution in [-0.2, 0) is 14.4 Å². The third-order valence-corrected chi connectivity index (χ3v) is 1.70. The maximum Gasteiger partial charge on any atom is 0.328 e. The summed E-state index contributed by atoms with van der Waals surface area (Å²) in [4.78, 5) is 32.0. The van der Waals surface area contributed by atoms with E-state index >= 15 is 0 Å². The summed E-state index contributed by atoms with van der Waals surface area (Å²) in [7, 11) is 0. The van der Waals surface area contributed by atoms with Gasteiger partial charge in [0, 0.05) is 12.2 Å². The van der Waals surface area contributed by atoms with Crippen molar-refractivity contribution >= 4 is 17.8 Å². The molecule has 0 saturated heterocycles. The fraction of sp³-hybridized carbons (Fsp3) is 0.583. The van der Waals surface area contributed by atoms with E-state index in [4.69, 9.17) is 10.2 Å². The average Bonchev–Trinajstić information content (AvgIpc) is 2.27. The molecule has 6 heteroatoms. The molecular weight excluding hydrogens is 238 g/mol. The summed E-state index contributed by atoms with van der Waals surface area (Å²) in [6.07, 6.45) is 1.74. The van der Waals surface area contributed by atoms with Crippen molar-refractivity contribution in [3.63, 3.8) is 0 Å². The minimum Gasteiger partial charge on any atom is -0.480 e. The van der Waals surface area contributed by atoms with E-state index in [1.165, 1.54) is 0 Å². The van der Waals surface area contributed by atoms with E-state index in [0.29, 0.717) is 12.5 Å². The smallest absolute Gasteiger partial charge is 0.328 e. The van der Waals surface area contributed by atoms with Crippen molar-refractivity contribution in [1.29, 1.82) is 0 Å². The molecule has 0 aromatic carbocycles. The van der Waals surface area contributed by atoms with Crippen molar-refractivity contribution in [2.24, 2.45) is 5.92 Å². The van der Waals surface area contributed by atoms with Crippen LogP contribution in [0.4, 0.5) is 0 Å². The number of carboxylic acid groups (broad SMARTS) is 2. The summed E-state index contributed by atoms with van der Waals surface area (Å²) in [5, 5.41) is 19.3. The number of carbonyl (C=O) groups excluding carboxylic acids is 1. The van der Waals surface area contributed by atoms with E-state index < -0.39 is 23.9 Å². The van der Waals surface area contributed by atoms with Crippen molar-refractivity contribution < 1.29 is 24.6 Å². The van der Waals surface area contributed by atoms with Crippen molar-refractivity contribution in [2.45, 2.75) is 40.2 Å². The van der Waals surface area contributed by atoms with Gasteiger partial charge in [0.1, 0.15) is 6.04 Å². The normalized spacial score (nSPS) is 11.6. The lowest BCUT2D eigenvalue weighted by Crippen LogP contribution is -2.40. The van der Waals surface area contributed by atoms with E-state index in [1.54, 1.807) is 0 Å². The minimum atomic E-state index is -1.26. The molecule has 0 fully saturated rings. The summed E-state index contributed by atoms with van der Waals surface area (Å²) in [6.45, 7) is 7.66. The summed E-state index contributed by atoms with van der Waals surface area (Å²) in [6, 6.07) is -0.994. The van der Waals surface area contributed by atoms with Crippen LogP contribution in [0.5, 0.6) is 0 Å². The highest BCUT2D eigenvalue weighted by molar-refractivity contribution is 5.95. The molecule has 0 aromatic rings. The van der Waals surface area contributed by atoms with Gasteiger partial charge in [-0.1, -0.05) is 27.7 Å². The van der Waals surface area contributed by atoms with Gasteiger partial charge in [0.25, 0.3) is 0 Å². The molecule has 6 nitrogen and oxygen atoms in total. The summed E-state index contributed by atoms with van der Waals surface area (Å²) >= 11 is 0. The minimum absolute atomic E-state index is 0.116. The standard InChI is InChI=1S/C10H15NO5.C2H6/c1-6(2)5-7(10(15)16)11-8(12)3-4-9(13)14;1-2/h3-4,6-7H,5H2,1-2H3,(H,11,12)(H,13,14)(H,15,16);1-2H3/b4-3+;. The van der Waals surface area contributed by atoms with E-state index in [1.807, 2.05) is 27.7 Å².